The third-order valence-electron chi connectivity index (χ3n) is 4.90. The van der Waals surface area contributed by atoms with E-state index < -0.39 is 41.1 Å². The molecule has 0 bridgehead atoms. The predicted molar refractivity (Wildman–Crippen MR) is 117 cm³/mol. The molecule has 1 heterocycles. The number of halogens is 9. The van der Waals surface area contributed by atoms with E-state index in [1.165, 1.54) is 12.2 Å². The maximum atomic E-state index is 12.9. The Kier molecular flexibility index (Phi) is 7.80. The van der Waals surface area contributed by atoms with Crippen LogP contribution in [0.5, 0.6) is 0 Å². The molecule has 194 valence electrons. The first kappa shape index (κ1) is 27.5. The number of amides is 1. The highest BCUT2D eigenvalue weighted by Gasteiger charge is 2.32. The third kappa shape index (κ3) is 7.45. The summed E-state index contributed by atoms with van der Waals surface area (Å²) in [7, 11) is 0. The first-order chi connectivity index (χ1) is 17.1. The summed E-state index contributed by atoms with van der Waals surface area (Å²) in [5.74, 6) is -0.958. The Morgan fingerprint density at radius 3 is 1.46 bits per heavy atom. The maximum Gasteiger partial charge on any atom is 0.417 e. The molecule has 2 aromatic carbocycles. The molecule has 0 aliphatic heterocycles. The minimum absolute atomic E-state index is 0.169. The highest BCUT2D eigenvalue weighted by molar-refractivity contribution is 5.99. The molecule has 0 saturated heterocycles. The number of hydrogen-bond donors (Lipinski definition) is 1. The van der Waals surface area contributed by atoms with E-state index in [9.17, 15) is 44.3 Å². The van der Waals surface area contributed by atoms with Gasteiger partial charge in [-0.1, -0.05) is 36.4 Å². The fraction of sp³-hybridized carbons (Fsp3) is 0.120. The van der Waals surface area contributed by atoms with Crippen molar-refractivity contribution < 1.29 is 44.3 Å². The molecule has 3 aromatic rings. The topological polar surface area (TPSA) is 42.0 Å². The van der Waals surface area contributed by atoms with Crippen molar-refractivity contribution in [1.29, 1.82) is 0 Å². The third-order valence-corrected chi connectivity index (χ3v) is 4.90. The zero-order valence-corrected chi connectivity index (χ0v) is 18.3. The molecule has 3 nitrogen and oxygen atoms in total. The lowest BCUT2D eigenvalue weighted by Gasteiger charge is -2.12. The van der Waals surface area contributed by atoms with Crippen LogP contribution in [0.15, 0.2) is 85.1 Å². The van der Waals surface area contributed by atoms with Crippen LogP contribution in [0.3, 0.4) is 0 Å². The van der Waals surface area contributed by atoms with E-state index in [1.54, 1.807) is 0 Å². The van der Waals surface area contributed by atoms with Crippen molar-refractivity contribution in [2.45, 2.75) is 18.5 Å². The number of alkyl halides is 9. The Hall–Kier alpha value is -4.09. The van der Waals surface area contributed by atoms with E-state index >= 15 is 0 Å². The molecule has 0 aliphatic carbocycles. The molecule has 0 radical (unpaired) electrons. The maximum absolute atomic E-state index is 12.9. The van der Waals surface area contributed by atoms with Crippen molar-refractivity contribution in [3.05, 3.63) is 113 Å². The Bertz CT molecular complexity index is 1230. The summed E-state index contributed by atoms with van der Waals surface area (Å²) in [4.78, 5) is 15.6. The van der Waals surface area contributed by atoms with Crippen LogP contribution in [-0.2, 0) is 23.3 Å². The molecule has 0 fully saturated rings. The second-order valence-electron chi connectivity index (χ2n) is 7.51. The van der Waals surface area contributed by atoms with Gasteiger partial charge in [-0.25, -0.2) is 4.98 Å². The first-order valence-corrected chi connectivity index (χ1v) is 10.2. The molecular formula is C25H15F9N2O. The molecule has 12 heteroatoms. The number of aromatic nitrogens is 1. The molecular weight excluding hydrogens is 515 g/mol. The second kappa shape index (κ2) is 10.5. The van der Waals surface area contributed by atoms with Crippen molar-refractivity contribution in [3.63, 3.8) is 0 Å². The average Bonchev–Trinajstić information content (AvgIpc) is 2.81. The van der Waals surface area contributed by atoms with Crippen LogP contribution in [0.25, 0.3) is 5.57 Å². The molecule has 0 spiro atoms. The Labute approximate surface area is 204 Å². The minimum atomic E-state index is -4.60. The van der Waals surface area contributed by atoms with Gasteiger partial charge in [-0.3, -0.25) is 4.79 Å². The first-order valence-electron chi connectivity index (χ1n) is 10.2. The number of rotatable bonds is 5. The summed E-state index contributed by atoms with van der Waals surface area (Å²) in [6, 6.07) is 9.41. The standard InChI is InChI=1S/C25H15F9N2O/c26-23(27,28)17-8-4-15(5-9-17)20(16-6-10-18(11-7-16)24(29,30)31)2-1-3-22(37)36-21-13-12-19(14-35-21)25(32,33)34/h1-14H,(H,35,36,37)/b3-1+. The highest BCUT2D eigenvalue weighted by Crippen LogP contribution is 2.34. The van der Waals surface area contributed by atoms with Crippen molar-refractivity contribution in [3.8, 4) is 0 Å². The fourth-order valence-corrected chi connectivity index (χ4v) is 3.07. The van der Waals surface area contributed by atoms with E-state index in [0.717, 1.165) is 66.7 Å². The molecule has 3 rings (SSSR count). The molecule has 37 heavy (non-hydrogen) atoms. The molecule has 0 unspecified atom stereocenters. The van der Waals surface area contributed by atoms with Crippen LogP contribution in [0.1, 0.15) is 27.8 Å². The van der Waals surface area contributed by atoms with E-state index in [0.29, 0.717) is 6.20 Å². The Morgan fingerprint density at radius 1 is 0.649 bits per heavy atom. The monoisotopic (exact) mass is 530 g/mol. The molecule has 1 aromatic heterocycles. The largest absolute Gasteiger partial charge is 0.417 e. The quantitative estimate of drug-likeness (QED) is 0.208. The average molecular weight is 530 g/mol. The van der Waals surface area contributed by atoms with Gasteiger partial charge in [-0.15, -0.1) is 0 Å². The van der Waals surface area contributed by atoms with Gasteiger partial charge < -0.3 is 5.32 Å². The fourth-order valence-electron chi connectivity index (χ4n) is 3.07. The minimum Gasteiger partial charge on any atom is -0.307 e. The van der Waals surface area contributed by atoms with Crippen LogP contribution in [0.4, 0.5) is 45.3 Å². The number of anilines is 1. The molecule has 1 N–H and O–H groups in total. The lowest BCUT2D eigenvalue weighted by Crippen LogP contribution is -2.11. The van der Waals surface area contributed by atoms with E-state index in [4.69, 9.17) is 0 Å². The number of benzene rings is 2. The van der Waals surface area contributed by atoms with Crippen LogP contribution in [-0.4, -0.2) is 10.9 Å². The van der Waals surface area contributed by atoms with E-state index in [2.05, 4.69) is 10.3 Å². The predicted octanol–water partition coefficient (Wildman–Crippen LogP) is 7.76. The second-order valence-corrected chi connectivity index (χ2v) is 7.51. The van der Waals surface area contributed by atoms with Crippen LogP contribution in [0, 0.1) is 0 Å². The number of allylic oxidation sites excluding steroid dienone is 2. The Balaban J connectivity index is 1.87. The van der Waals surface area contributed by atoms with Crippen LogP contribution >= 0.6 is 0 Å². The zero-order valence-electron chi connectivity index (χ0n) is 18.3. The van der Waals surface area contributed by atoms with Gasteiger partial charge in [0.05, 0.1) is 16.7 Å². The number of carbonyl (C=O) groups excluding carboxylic acids is 1. The van der Waals surface area contributed by atoms with Gasteiger partial charge in [-0.2, -0.15) is 39.5 Å². The summed E-state index contributed by atoms with van der Waals surface area (Å²) in [6.45, 7) is 0. The van der Waals surface area contributed by atoms with Gasteiger partial charge in [0.2, 0.25) is 5.91 Å². The number of pyridine rings is 1. The van der Waals surface area contributed by atoms with E-state index in [1.807, 2.05) is 0 Å². The summed E-state index contributed by atoms with van der Waals surface area (Å²) in [6.07, 6.45) is -9.81. The molecule has 0 atom stereocenters. The van der Waals surface area contributed by atoms with Gasteiger partial charge in [0.25, 0.3) is 0 Å². The summed E-state index contributed by atoms with van der Waals surface area (Å²) in [5, 5.41) is 2.24. The number of hydrogen-bond acceptors (Lipinski definition) is 2. The van der Waals surface area contributed by atoms with Crippen LogP contribution in [0.2, 0.25) is 0 Å². The van der Waals surface area contributed by atoms with Crippen molar-refractivity contribution in [1.82, 2.24) is 4.98 Å². The summed E-state index contributed by atoms with van der Waals surface area (Å²) < 4.78 is 115. The summed E-state index contributed by atoms with van der Waals surface area (Å²) >= 11 is 0. The van der Waals surface area contributed by atoms with Crippen molar-refractivity contribution >= 4 is 17.3 Å². The summed E-state index contributed by atoms with van der Waals surface area (Å²) in [5.41, 5.74) is -2.21. The Morgan fingerprint density at radius 2 is 1.08 bits per heavy atom. The molecule has 0 aliphatic rings. The number of nitrogens with zero attached hydrogens (tertiary/aromatic N) is 1. The van der Waals surface area contributed by atoms with Gasteiger partial charge in [0.1, 0.15) is 5.82 Å². The van der Waals surface area contributed by atoms with Gasteiger partial charge >= 0.3 is 18.5 Å². The van der Waals surface area contributed by atoms with Gasteiger partial charge in [0.15, 0.2) is 0 Å². The van der Waals surface area contributed by atoms with Crippen molar-refractivity contribution in [2.24, 2.45) is 0 Å². The number of nitrogens with one attached hydrogen (secondary N) is 1. The highest BCUT2D eigenvalue weighted by atomic mass is 19.4. The van der Waals surface area contributed by atoms with Gasteiger partial charge in [-0.05, 0) is 53.1 Å². The van der Waals surface area contributed by atoms with E-state index in [-0.39, 0.29) is 22.5 Å². The number of carbonyl (C=O) groups is 1. The zero-order chi connectivity index (χ0) is 27.4. The SMILES string of the molecule is O=C(/C=C/C=C(c1ccc(C(F)(F)F)cc1)c1ccc(C(F)(F)F)cc1)Nc1ccc(C(F)(F)F)cn1. The normalized spacial score (nSPS) is 12.5. The molecule has 1 amide bonds. The lowest BCUT2D eigenvalue weighted by atomic mass is 9.95. The van der Waals surface area contributed by atoms with Crippen molar-refractivity contribution in [2.75, 3.05) is 5.32 Å². The molecule has 0 saturated carbocycles. The lowest BCUT2D eigenvalue weighted by molar-refractivity contribution is -0.138. The smallest absolute Gasteiger partial charge is 0.307 e. The van der Waals surface area contributed by atoms with Gasteiger partial charge in [0, 0.05) is 12.3 Å². The van der Waals surface area contributed by atoms with Crippen LogP contribution < -0.4 is 5.32 Å².